The highest BCUT2D eigenvalue weighted by Crippen LogP contribution is 2.38. The molecule has 1 saturated heterocycles. The van der Waals surface area contributed by atoms with Crippen molar-refractivity contribution in [1.82, 2.24) is 0 Å². The molecule has 2 aromatic rings. The third-order valence-electron chi connectivity index (χ3n) is 4.72. The lowest BCUT2D eigenvalue weighted by Gasteiger charge is -2.20. The van der Waals surface area contributed by atoms with Crippen LogP contribution in [-0.4, -0.2) is 44.0 Å². The molecule has 29 heavy (non-hydrogen) atoms. The second-order valence-electron chi connectivity index (χ2n) is 6.68. The number of benzene rings is 2. The highest BCUT2D eigenvalue weighted by molar-refractivity contribution is 6.32. The van der Waals surface area contributed by atoms with Crippen molar-refractivity contribution in [3.8, 4) is 11.5 Å². The Bertz CT molecular complexity index is 989. The molecular formula is C21H18ClNO6. The van der Waals surface area contributed by atoms with E-state index in [1.165, 1.54) is 12.1 Å². The van der Waals surface area contributed by atoms with Crippen LogP contribution >= 0.6 is 11.6 Å². The fourth-order valence-electron chi connectivity index (χ4n) is 3.29. The number of hydrogen-bond acceptors (Lipinski definition) is 6. The van der Waals surface area contributed by atoms with Crippen LogP contribution in [0.1, 0.15) is 33.6 Å². The number of ether oxygens (including phenoxy) is 3. The predicted octanol–water partition coefficient (Wildman–Crippen LogP) is 3.28. The van der Waals surface area contributed by atoms with Crippen LogP contribution in [0, 0.1) is 0 Å². The molecule has 2 aliphatic rings. The van der Waals surface area contributed by atoms with Crippen LogP contribution in [-0.2, 0) is 9.53 Å². The number of rotatable bonds is 5. The smallest absolute Gasteiger partial charge is 0.338 e. The topological polar surface area (TPSA) is 82.1 Å². The van der Waals surface area contributed by atoms with Crippen molar-refractivity contribution in [2.24, 2.45) is 0 Å². The summed E-state index contributed by atoms with van der Waals surface area (Å²) >= 11 is 6.13. The summed E-state index contributed by atoms with van der Waals surface area (Å²) in [5, 5.41) is 0.239. The molecule has 0 spiro atoms. The zero-order valence-corrected chi connectivity index (χ0v) is 16.2. The van der Waals surface area contributed by atoms with Crippen LogP contribution < -0.4 is 14.4 Å². The third kappa shape index (κ3) is 4.05. The number of anilines is 1. The van der Waals surface area contributed by atoms with Gasteiger partial charge >= 0.3 is 5.97 Å². The molecule has 0 aliphatic carbocycles. The standard InChI is InChI=1S/C21H18ClNO6/c22-16-10-14(11-18-20(16)28-8-7-27-18)21(26)29-12-17(24)13-3-1-4-15(9-13)23-6-2-5-19(23)25/h1,3-4,9-11H,2,5-8,12H2. The van der Waals surface area contributed by atoms with Gasteiger partial charge in [0.05, 0.1) is 10.6 Å². The first-order valence-electron chi connectivity index (χ1n) is 9.23. The molecule has 8 heteroatoms. The maximum atomic E-state index is 12.5. The first kappa shape index (κ1) is 19.3. The van der Waals surface area contributed by atoms with Crippen LogP contribution in [0.25, 0.3) is 0 Å². The average Bonchev–Trinajstić information content (AvgIpc) is 3.17. The zero-order chi connectivity index (χ0) is 20.4. The number of carbonyl (C=O) groups excluding carboxylic acids is 3. The molecule has 0 N–H and O–H groups in total. The van der Waals surface area contributed by atoms with Crippen LogP contribution in [0.5, 0.6) is 11.5 Å². The minimum Gasteiger partial charge on any atom is -0.486 e. The summed E-state index contributed by atoms with van der Waals surface area (Å²) in [6.07, 6.45) is 1.31. The van der Waals surface area contributed by atoms with Gasteiger partial charge in [0.25, 0.3) is 0 Å². The van der Waals surface area contributed by atoms with E-state index < -0.39 is 12.6 Å². The van der Waals surface area contributed by atoms with Crippen molar-refractivity contribution in [3.63, 3.8) is 0 Å². The van der Waals surface area contributed by atoms with E-state index in [0.717, 1.165) is 6.42 Å². The van der Waals surface area contributed by atoms with Gasteiger partial charge in [-0.3, -0.25) is 9.59 Å². The second-order valence-corrected chi connectivity index (χ2v) is 7.09. The van der Waals surface area contributed by atoms with Crippen molar-refractivity contribution in [2.45, 2.75) is 12.8 Å². The Hall–Kier alpha value is -3.06. The molecule has 2 aromatic carbocycles. The Morgan fingerprint density at radius 1 is 1.10 bits per heavy atom. The fraction of sp³-hybridized carbons (Fsp3) is 0.286. The van der Waals surface area contributed by atoms with Crippen LogP contribution in [0.2, 0.25) is 5.02 Å². The van der Waals surface area contributed by atoms with Gasteiger partial charge in [-0.2, -0.15) is 0 Å². The van der Waals surface area contributed by atoms with Crippen molar-refractivity contribution < 1.29 is 28.6 Å². The van der Waals surface area contributed by atoms with Gasteiger partial charge in [0.2, 0.25) is 5.91 Å². The van der Waals surface area contributed by atoms with Gasteiger partial charge in [0.15, 0.2) is 23.9 Å². The summed E-state index contributed by atoms with van der Waals surface area (Å²) in [5.74, 6) is -0.265. The molecule has 4 rings (SSSR count). The van der Waals surface area contributed by atoms with Gasteiger partial charge in [0, 0.05) is 24.2 Å². The van der Waals surface area contributed by atoms with Gasteiger partial charge in [0.1, 0.15) is 13.2 Å². The summed E-state index contributed by atoms with van der Waals surface area (Å²) in [6, 6.07) is 9.65. The molecule has 0 radical (unpaired) electrons. The Morgan fingerprint density at radius 2 is 1.93 bits per heavy atom. The number of carbonyl (C=O) groups is 3. The molecule has 0 bridgehead atoms. The number of Topliss-reactive ketones (excluding diaryl/α,β-unsaturated/α-hetero) is 1. The number of amides is 1. The van der Waals surface area contributed by atoms with Gasteiger partial charge in [-0.05, 0) is 30.7 Å². The lowest BCUT2D eigenvalue weighted by atomic mass is 10.1. The van der Waals surface area contributed by atoms with E-state index in [1.54, 1.807) is 29.2 Å². The number of esters is 1. The highest BCUT2D eigenvalue weighted by Gasteiger charge is 2.23. The molecular weight excluding hydrogens is 398 g/mol. The zero-order valence-electron chi connectivity index (χ0n) is 15.5. The third-order valence-corrected chi connectivity index (χ3v) is 5.00. The highest BCUT2D eigenvalue weighted by atomic mass is 35.5. The molecule has 0 saturated carbocycles. The average molecular weight is 416 g/mol. The molecule has 2 aliphatic heterocycles. The molecule has 7 nitrogen and oxygen atoms in total. The van der Waals surface area contributed by atoms with E-state index in [1.807, 2.05) is 0 Å². The lowest BCUT2D eigenvalue weighted by molar-refractivity contribution is -0.117. The molecule has 0 atom stereocenters. The number of halogens is 1. The second kappa shape index (κ2) is 8.13. The largest absolute Gasteiger partial charge is 0.486 e. The number of ketones is 1. The lowest BCUT2D eigenvalue weighted by Crippen LogP contribution is -2.24. The minimum absolute atomic E-state index is 0.0384. The molecule has 0 aromatic heterocycles. The van der Waals surface area contributed by atoms with Crippen molar-refractivity contribution in [2.75, 3.05) is 31.3 Å². The van der Waals surface area contributed by atoms with Crippen molar-refractivity contribution >= 4 is 34.9 Å². The fourth-order valence-corrected chi connectivity index (χ4v) is 3.56. The monoisotopic (exact) mass is 415 g/mol. The van der Waals surface area contributed by atoms with E-state index in [-0.39, 0.29) is 22.3 Å². The normalized spacial score (nSPS) is 15.3. The van der Waals surface area contributed by atoms with Crippen LogP contribution in [0.4, 0.5) is 5.69 Å². The summed E-state index contributed by atoms with van der Waals surface area (Å²) in [7, 11) is 0. The van der Waals surface area contributed by atoms with Crippen LogP contribution in [0.3, 0.4) is 0 Å². The first-order chi connectivity index (χ1) is 14.0. The maximum absolute atomic E-state index is 12.5. The van der Waals surface area contributed by atoms with E-state index in [4.69, 9.17) is 25.8 Å². The summed E-state index contributed by atoms with van der Waals surface area (Å²) in [4.78, 5) is 38.4. The quantitative estimate of drug-likeness (QED) is 0.550. The predicted molar refractivity (Wildman–Crippen MR) is 105 cm³/mol. The Balaban J connectivity index is 1.43. The summed E-state index contributed by atoms with van der Waals surface area (Å²) in [6.45, 7) is 0.946. The number of hydrogen-bond donors (Lipinski definition) is 0. The Morgan fingerprint density at radius 3 is 2.72 bits per heavy atom. The number of fused-ring (bicyclic) bond motifs is 1. The minimum atomic E-state index is -0.692. The van der Waals surface area contributed by atoms with E-state index in [0.29, 0.717) is 48.9 Å². The SMILES string of the molecule is O=C(COC(=O)c1cc(Cl)c2c(c1)OCCO2)c1cccc(N2CCCC2=O)c1. The Labute approximate surface area is 172 Å². The molecule has 0 unspecified atom stereocenters. The summed E-state index contributed by atoms with van der Waals surface area (Å²) < 4.78 is 16.0. The molecule has 1 amide bonds. The molecule has 2 heterocycles. The van der Waals surface area contributed by atoms with Gasteiger partial charge < -0.3 is 19.1 Å². The van der Waals surface area contributed by atoms with Crippen LogP contribution in [0.15, 0.2) is 36.4 Å². The number of nitrogens with zero attached hydrogens (tertiary/aromatic N) is 1. The van der Waals surface area contributed by atoms with E-state index in [9.17, 15) is 14.4 Å². The molecule has 150 valence electrons. The van der Waals surface area contributed by atoms with Gasteiger partial charge in [-0.15, -0.1) is 0 Å². The van der Waals surface area contributed by atoms with E-state index in [2.05, 4.69) is 0 Å². The van der Waals surface area contributed by atoms with Crippen molar-refractivity contribution in [3.05, 3.63) is 52.5 Å². The van der Waals surface area contributed by atoms with Gasteiger partial charge in [-0.1, -0.05) is 23.7 Å². The van der Waals surface area contributed by atoms with E-state index >= 15 is 0 Å². The Kier molecular flexibility index (Phi) is 5.40. The molecule has 1 fully saturated rings. The first-order valence-corrected chi connectivity index (χ1v) is 9.60. The maximum Gasteiger partial charge on any atom is 0.338 e. The summed E-state index contributed by atoms with van der Waals surface area (Å²) in [5.41, 5.74) is 1.21. The van der Waals surface area contributed by atoms with Gasteiger partial charge in [-0.25, -0.2) is 4.79 Å². The van der Waals surface area contributed by atoms with Crippen molar-refractivity contribution in [1.29, 1.82) is 0 Å².